The molecule has 1 fully saturated rings. The van der Waals surface area contributed by atoms with Gasteiger partial charge in [-0.05, 0) is 40.9 Å². The Morgan fingerprint density at radius 1 is 1.50 bits per heavy atom. The van der Waals surface area contributed by atoms with Gasteiger partial charge in [-0.2, -0.15) is 0 Å². The number of carboxylic acid groups (broad SMARTS) is 1. The van der Waals surface area contributed by atoms with E-state index < -0.39 is 38.2 Å². The average molecular weight is 396 g/mol. The molecule has 0 spiro atoms. The molecular formula is C13H15BrFNO5S. The Labute approximate surface area is 135 Å². The molecule has 0 bridgehead atoms. The zero-order valence-corrected chi connectivity index (χ0v) is 14.3. The van der Waals surface area contributed by atoms with E-state index in [-0.39, 0.29) is 10.2 Å². The van der Waals surface area contributed by atoms with Gasteiger partial charge in [-0.3, -0.25) is 4.79 Å². The lowest BCUT2D eigenvalue weighted by atomic mass is 10.0. The molecule has 122 valence electrons. The van der Waals surface area contributed by atoms with Gasteiger partial charge in [-0.25, -0.2) is 17.5 Å². The monoisotopic (exact) mass is 395 g/mol. The number of methoxy groups -OCH3 is 1. The number of sulfonamides is 1. The van der Waals surface area contributed by atoms with E-state index in [1.54, 1.807) is 0 Å². The first-order chi connectivity index (χ1) is 10.1. The van der Waals surface area contributed by atoms with Crippen LogP contribution in [0.15, 0.2) is 21.5 Å². The van der Waals surface area contributed by atoms with Crippen LogP contribution in [-0.2, 0) is 14.8 Å². The van der Waals surface area contributed by atoms with Crippen molar-refractivity contribution < 1.29 is 27.4 Å². The molecule has 1 aliphatic carbocycles. The molecule has 6 nitrogen and oxygen atoms in total. The van der Waals surface area contributed by atoms with Crippen molar-refractivity contribution in [1.82, 2.24) is 4.72 Å². The summed E-state index contributed by atoms with van der Waals surface area (Å²) in [5.41, 5.74) is -1.08. The van der Waals surface area contributed by atoms with Crippen molar-refractivity contribution in [2.24, 2.45) is 5.92 Å². The van der Waals surface area contributed by atoms with E-state index in [1.807, 2.05) is 0 Å². The largest absolute Gasteiger partial charge is 0.495 e. The van der Waals surface area contributed by atoms with Gasteiger partial charge in [0.25, 0.3) is 0 Å². The van der Waals surface area contributed by atoms with E-state index in [1.165, 1.54) is 26.2 Å². The number of hydrogen-bond donors (Lipinski definition) is 2. The van der Waals surface area contributed by atoms with Gasteiger partial charge in [-0.1, -0.05) is 6.92 Å². The summed E-state index contributed by atoms with van der Waals surface area (Å²) in [5.74, 6) is -3.15. The Hall–Kier alpha value is -1.19. The third-order valence-corrected chi connectivity index (χ3v) is 6.03. The molecule has 1 unspecified atom stereocenters. The second-order valence-electron chi connectivity index (χ2n) is 5.21. The molecule has 2 N–H and O–H groups in total. The van der Waals surface area contributed by atoms with Crippen molar-refractivity contribution >= 4 is 31.9 Å². The van der Waals surface area contributed by atoms with E-state index >= 15 is 0 Å². The fraction of sp³-hybridized carbons (Fsp3) is 0.462. The lowest BCUT2D eigenvalue weighted by Gasteiger charge is -2.22. The number of aliphatic carboxylic acids is 1. The van der Waals surface area contributed by atoms with Crippen molar-refractivity contribution in [3.8, 4) is 5.75 Å². The first-order valence-corrected chi connectivity index (χ1v) is 8.71. The highest BCUT2D eigenvalue weighted by atomic mass is 79.9. The van der Waals surface area contributed by atoms with Gasteiger partial charge < -0.3 is 9.84 Å². The first kappa shape index (κ1) is 17.2. The maximum absolute atomic E-state index is 14.2. The average Bonchev–Trinajstić information content (AvgIpc) is 3.20. The van der Waals surface area contributed by atoms with E-state index in [0.29, 0.717) is 12.8 Å². The highest BCUT2D eigenvalue weighted by molar-refractivity contribution is 9.10. The number of rotatable bonds is 6. The number of carboxylic acids is 1. The highest BCUT2D eigenvalue weighted by Crippen LogP contribution is 2.44. The standard InChI is InChI=1S/C13H15BrFNO5S/c1-7(12(17)18)13(5-6-13)16-22(19,20)11-9(21-2)4-3-8(14)10(11)15/h3-4,7,16H,5-6H2,1-2H3,(H,17,18). The Morgan fingerprint density at radius 3 is 2.55 bits per heavy atom. The van der Waals surface area contributed by atoms with Gasteiger partial charge >= 0.3 is 5.97 Å². The fourth-order valence-corrected chi connectivity index (χ4v) is 4.48. The zero-order valence-electron chi connectivity index (χ0n) is 11.9. The lowest BCUT2D eigenvalue weighted by molar-refractivity contribution is -0.142. The van der Waals surface area contributed by atoms with E-state index in [2.05, 4.69) is 20.7 Å². The molecule has 9 heteroatoms. The van der Waals surface area contributed by atoms with Crippen LogP contribution in [0.5, 0.6) is 5.75 Å². The molecule has 0 amide bonds. The number of benzene rings is 1. The van der Waals surface area contributed by atoms with E-state index in [0.717, 1.165) is 0 Å². The van der Waals surface area contributed by atoms with Crippen LogP contribution in [0.4, 0.5) is 4.39 Å². The van der Waals surface area contributed by atoms with Crippen LogP contribution in [0.3, 0.4) is 0 Å². The van der Waals surface area contributed by atoms with Crippen LogP contribution < -0.4 is 9.46 Å². The van der Waals surface area contributed by atoms with Crippen molar-refractivity contribution in [2.75, 3.05) is 7.11 Å². The summed E-state index contributed by atoms with van der Waals surface area (Å²) in [4.78, 5) is 10.5. The Balaban J connectivity index is 2.45. The quantitative estimate of drug-likeness (QED) is 0.769. The minimum atomic E-state index is -4.27. The summed E-state index contributed by atoms with van der Waals surface area (Å²) in [6.45, 7) is 1.42. The van der Waals surface area contributed by atoms with Crippen LogP contribution >= 0.6 is 15.9 Å². The summed E-state index contributed by atoms with van der Waals surface area (Å²) in [7, 11) is -3.04. The van der Waals surface area contributed by atoms with E-state index in [9.17, 15) is 17.6 Å². The summed E-state index contributed by atoms with van der Waals surface area (Å²) < 4.78 is 46.5. The van der Waals surface area contributed by atoms with Crippen molar-refractivity contribution in [1.29, 1.82) is 0 Å². The molecule has 0 radical (unpaired) electrons. The number of nitrogens with one attached hydrogen (secondary N) is 1. The minimum absolute atomic E-state index is 0.0233. The predicted molar refractivity (Wildman–Crippen MR) is 79.7 cm³/mol. The van der Waals surface area contributed by atoms with Crippen LogP contribution in [0.25, 0.3) is 0 Å². The van der Waals surface area contributed by atoms with Crippen LogP contribution in [-0.4, -0.2) is 32.1 Å². The summed E-state index contributed by atoms with van der Waals surface area (Å²) in [5, 5.41) is 9.08. The third-order valence-electron chi connectivity index (χ3n) is 3.83. The van der Waals surface area contributed by atoms with Crippen LogP contribution in [0, 0.1) is 11.7 Å². The molecular weight excluding hydrogens is 381 g/mol. The first-order valence-electron chi connectivity index (χ1n) is 6.43. The fourth-order valence-electron chi connectivity index (χ4n) is 2.24. The van der Waals surface area contributed by atoms with Gasteiger partial charge in [0.15, 0.2) is 10.7 Å². The van der Waals surface area contributed by atoms with Gasteiger partial charge in [-0.15, -0.1) is 0 Å². The van der Waals surface area contributed by atoms with Crippen molar-refractivity contribution in [2.45, 2.75) is 30.2 Å². The SMILES string of the molecule is COc1ccc(Br)c(F)c1S(=O)(=O)NC1(C(C)C(=O)O)CC1. The molecule has 2 rings (SSSR count). The molecule has 22 heavy (non-hydrogen) atoms. The Bertz CT molecular complexity index is 717. The molecule has 0 aromatic heterocycles. The molecule has 1 atom stereocenters. The second-order valence-corrected chi connectivity index (χ2v) is 7.69. The van der Waals surface area contributed by atoms with Gasteiger partial charge in [0.2, 0.25) is 10.0 Å². The molecule has 1 aliphatic rings. The predicted octanol–water partition coefficient (Wildman–Crippen LogP) is 2.13. The number of carbonyl (C=O) groups is 1. The Morgan fingerprint density at radius 2 is 2.09 bits per heavy atom. The van der Waals surface area contributed by atoms with Crippen molar-refractivity contribution in [3.63, 3.8) is 0 Å². The molecule has 0 heterocycles. The van der Waals surface area contributed by atoms with Crippen LogP contribution in [0.2, 0.25) is 0 Å². The number of ether oxygens (including phenoxy) is 1. The van der Waals surface area contributed by atoms with Crippen molar-refractivity contribution in [3.05, 3.63) is 22.4 Å². The zero-order chi connectivity index (χ0) is 16.7. The summed E-state index contributed by atoms with van der Waals surface area (Å²) in [6, 6.07) is 2.65. The molecule has 1 aromatic carbocycles. The summed E-state index contributed by atoms with van der Waals surface area (Å²) >= 11 is 2.93. The Kier molecular flexibility index (Phi) is 4.51. The molecule has 0 aliphatic heterocycles. The molecule has 1 saturated carbocycles. The number of halogens is 2. The maximum atomic E-state index is 14.2. The maximum Gasteiger partial charge on any atom is 0.308 e. The highest BCUT2D eigenvalue weighted by Gasteiger charge is 2.53. The van der Waals surface area contributed by atoms with Crippen LogP contribution in [0.1, 0.15) is 19.8 Å². The van der Waals surface area contributed by atoms with E-state index in [4.69, 9.17) is 9.84 Å². The second kappa shape index (κ2) is 5.78. The van der Waals surface area contributed by atoms with Gasteiger partial charge in [0.05, 0.1) is 17.5 Å². The summed E-state index contributed by atoms with van der Waals surface area (Å²) in [6.07, 6.45) is 0.773. The topological polar surface area (TPSA) is 92.7 Å². The minimum Gasteiger partial charge on any atom is -0.495 e. The normalized spacial score (nSPS) is 17.8. The smallest absolute Gasteiger partial charge is 0.308 e. The van der Waals surface area contributed by atoms with Gasteiger partial charge in [0.1, 0.15) is 5.75 Å². The third kappa shape index (κ3) is 2.97. The lowest BCUT2D eigenvalue weighted by Crippen LogP contribution is -2.44. The number of hydrogen-bond acceptors (Lipinski definition) is 4. The molecule has 0 saturated heterocycles. The molecule has 1 aromatic rings. The van der Waals surface area contributed by atoms with Gasteiger partial charge in [0, 0.05) is 5.54 Å².